The normalized spacial score (nSPS) is 44.4. The van der Waals surface area contributed by atoms with E-state index >= 15 is 0 Å². The van der Waals surface area contributed by atoms with Crippen molar-refractivity contribution in [2.24, 2.45) is 11.8 Å². The first-order valence-corrected chi connectivity index (χ1v) is 7.70. The molecule has 2 heterocycles. The average Bonchev–Trinajstić information content (AvgIpc) is 2.89. The van der Waals surface area contributed by atoms with Crippen LogP contribution >= 0.6 is 0 Å². The Morgan fingerprint density at radius 3 is 2.78 bits per heavy atom. The first-order valence-electron chi connectivity index (χ1n) is 7.70. The zero-order valence-electron chi connectivity index (χ0n) is 11.7. The van der Waals surface area contributed by atoms with Crippen molar-refractivity contribution < 1.29 is 4.79 Å². The molecule has 1 N–H and O–H groups in total. The van der Waals surface area contributed by atoms with Gasteiger partial charge in [0.05, 0.1) is 0 Å². The second kappa shape index (κ2) is 4.84. The number of fused-ring (bicyclic) bond motifs is 1. The molecule has 18 heavy (non-hydrogen) atoms. The van der Waals surface area contributed by atoms with Crippen molar-refractivity contribution in [2.45, 2.75) is 70.5 Å². The molecule has 0 aromatic rings. The second-order valence-electron chi connectivity index (χ2n) is 6.78. The molecule has 0 bridgehead atoms. The van der Waals surface area contributed by atoms with Crippen LogP contribution in [0.4, 0.5) is 0 Å². The minimum absolute atomic E-state index is 0.381. The van der Waals surface area contributed by atoms with Gasteiger partial charge in [0.15, 0.2) is 0 Å². The van der Waals surface area contributed by atoms with Crippen molar-refractivity contribution in [3.63, 3.8) is 0 Å². The van der Waals surface area contributed by atoms with Crippen LogP contribution in [0.2, 0.25) is 0 Å². The maximum absolute atomic E-state index is 11.9. The van der Waals surface area contributed by atoms with Crippen molar-refractivity contribution in [2.75, 3.05) is 6.54 Å². The fourth-order valence-corrected chi connectivity index (χ4v) is 4.32. The van der Waals surface area contributed by atoms with Crippen LogP contribution in [0.5, 0.6) is 0 Å². The molecule has 1 aliphatic carbocycles. The van der Waals surface area contributed by atoms with E-state index in [1.807, 2.05) is 0 Å². The fraction of sp³-hybridized carbons (Fsp3) is 0.933. The molecular formula is C15H26N2O. The van der Waals surface area contributed by atoms with Gasteiger partial charge < -0.3 is 10.2 Å². The van der Waals surface area contributed by atoms with Gasteiger partial charge >= 0.3 is 0 Å². The minimum atomic E-state index is 0.381. The number of hydrogen-bond acceptors (Lipinski definition) is 2. The Morgan fingerprint density at radius 1 is 1.17 bits per heavy atom. The van der Waals surface area contributed by atoms with E-state index in [4.69, 9.17) is 0 Å². The molecule has 3 fully saturated rings. The van der Waals surface area contributed by atoms with Gasteiger partial charge in [-0.25, -0.2) is 0 Å². The van der Waals surface area contributed by atoms with Crippen molar-refractivity contribution in [1.29, 1.82) is 0 Å². The molecule has 0 aromatic heterocycles. The quantitative estimate of drug-likeness (QED) is 0.814. The highest BCUT2D eigenvalue weighted by molar-refractivity contribution is 5.80. The Kier molecular flexibility index (Phi) is 3.35. The van der Waals surface area contributed by atoms with Crippen LogP contribution in [0.1, 0.15) is 52.4 Å². The molecule has 3 aliphatic rings. The van der Waals surface area contributed by atoms with E-state index < -0.39 is 0 Å². The second-order valence-corrected chi connectivity index (χ2v) is 6.78. The fourth-order valence-electron chi connectivity index (χ4n) is 4.32. The van der Waals surface area contributed by atoms with Gasteiger partial charge in [-0.05, 0) is 43.9 Å². The van der Waals surface area contributed by atoms with E-state index in [-0.39, 0.29) is 0 Å². The number of carbonyl (C=O) groups is 1. The van der Waals surface area contributed by atoms with Gasteiger partial charge in [0.2, 0.25) is 5.91 Å². The Labute approximate surface area is 110 Å². The summed E-state index contributed by atoms with van der Waals surface area (Å²) in [7, 11) is 0. The molecule has 1 saturated carbocycles. The maximum atomic E-state index is 11.9. The van der Waals surface area contributed by atoms with E-state index in [0.717, 1.165) is 24.8 Å². The van der Waals surface area contributed by atoms with Gasteiger partial charge in [0, 0.05) is 31.1 Å². The number of carbonyl (C=O) groups excluding carboxylic acids is 1. The molecule has 3 nitrogen and oxygen atoms in total. The maximum Gasteiger partial charge on any atom is 0.224 e. The zero-order chi connectivity index (χ0) is 12.7. The number of rotatable bonds is 2. The lowest BCUT2D eigenvalue weighted by Gasteiger charge is -2.36. The Bertz CT molecular complexity index is 330. The average molecular weight is 250 g/mol. The molecule has 0 spiro atoms. The topological polar surface area (TPSA) is 32.3 Å². The van der Waals surface area contributed by atoms with E-state index in [9.17, 15) is 4.79 Å². The van der Waals surface area contributed by atoms with E-state index in [1.165, 1.54) is 32.1 Å². The first kappa shape index (κ1) is 12.5. The predicted molar refractivity (Wildman–Crippen MR) is 72.2 cm³/mol. The van der Waals surface area contributed by atoms with Gasteiger partial charge in [0.25, 0.3) is 0 Å². The summed E-state index contributed by atoms with van der Waals surface area (Å²) in [6.45, 7) is 5.74. The Hall–Kier alpha value is -0.570. The summed E-state index contributed by atoms with van der Waals surface area (Å²) in [6.07, 6.45) is 7.12. The molecule has 5 atom stereocenters. The molecule has 3 heteroatoms. The summed E-state index contributed by atoms with van der Waals surface area (Å²) in [5, 5.41) is 3.83. The molecule has 1 amide bonds. The van der Waals surface area contributed by atoms with Gasteiger partial charge in [-0.15, -0.1) is 0 Å². The van der Waals surface area contributed by atoms with E-state index in [1.54, 1.807) is 0 Å². The third-order valence-electron chi connectivity index (χ3n) is 5.34. The monoisotopic (exact) mass is 250 g/mol. The van der Waals surface area contributed by atoms with Crippen molar-refractivity contribution in [3.8, 4) is 0 Å². The lowest BCUT2D eigenvalue weighted by molar-refractivity contribution is -0.127. The Morgan fingerprint density at radius 2 is 2.00 bits per heavy atom. The van der Waals surface area contributed by atoms with Crippen molar-refractivity contribution >= 4 is 5.91 Å². The molecule has 2 saturated heterocycles. The largest absolute Gasteiger partial charge is 0.338 e. The van der Waals surface area contributed by atoms with E-state index in [0.29, 0.717) is 24.0 Å². The lowest BCUT2D eigenvalue weighted by Crippen LogP contribution is -2.48. The molecule has 3 rings (SSSR count). The molecular weight excluding hydrogens is 224 g/mol. The summed E-state index contributed by atoms with van der Waals surface area (Å²) in [5.41, 5.74) is 0. The molecule has 102 valence electrons. The van der Waals surface area contributed by atoms with Gasteiger partial charge in [-0.2, -0.15) is 0 Å². The van der Waals surface area contributed by atoms with Crippen LogP contribution in [0, 0.1) is 11.8 Å². The van der Waals surface area contributed by atoms with E-state index in [2.05, 4.69) is 24.1 Å². The first-order chi connectivity index (χ1) is 8.65. The minimum Gasteiger partial charge on any atom is -0.338 e. The van der Waals surface area contributed by atoms with Crippen LogP contribution in [-0.2, 0) is 4.79 Å². The van der Waals surface area contributed by atoms with Gasteiger partial charge in [-0.3, -0.25) is 4.79 Å². The molecule has 5 unspecified atom stereocenters. The van der Waals surface area contributed by atoms with Crippen LogP contribution in [-0.4, -0.2) is 35.5 Å². The summed E-state index contributed by atoms with van der Waals surface area (Å²) in [5.74, 6) is 2.03. The predicted octanol–water partition coefficient (Wildman–Crippen LogP) is 2.16. The van der Waals surface area contributed by atoms with Crippen LogP contribution in [0.15, 0.2) is 0 Å². The lowest BCUT2D eigenvalue weighted by atomic mass is 9.79. The molecule has 0 radical (unpaired) electrons. The summed E-state index contributed by atoms with van der Waals surface area (Å²) in [4.78, 5) is 14.0. The Balaban J connectivity index is 1.61. The third-order valence-corrected chi connectivity index (χ3v) is 5.34. The number of amides is 1. The highest BCUT2D eigenvalue weighted by Gasteiger charge is 2.43. The summed E-state index contributed by atoms with van der Waals surface area (Å²) < 4.78 is 0. The van der Waals surface area contributed by atoms with Crippen molar-refractivity contribution in [3.05, 3.63) is 0 Å². The number of nitrogens with zero attached hydrogens (tertiary/aromatic N) is 1. The number of nitrogens with one attached hydrogen (secondary N) is 1. The molecule has 2 aliphatic heterocycles. The SMILES string of the molecule is CC1CCC(NC2CC(=O)N3CCCC23)C(C)C1. The molecule has 0 aromatic carbocycles. The van der Waals surface area contributed by atoms with Crippen LogP contribution in [0.3, 0.4) is 0 Å². The van der Waals surface area contributed by atoms with Gasteiger partial charge in [0.1, 0.15) is 0 Å². The van der Waals surface area contributed by atoms with Crippen molar-refractivity contribution in [1.82, 2.24) is 10.2 Å². The highest BCUT2D eigenvalue weighted by atomic mass is 16.2. The number of hydrogen-bond donors (Lipinski definition) is 1. The van der Waals surface area contributed by atoms with Crippen LogP contribution in [0.25, 0.3) is 0 Å². The third kappa shape index (κ3) is 2.18. The summed E-state index contributed by atoms with van der Waals surface area (Å²) in [6, 6.07) is 1.57. The highest BCUT2D eigenvalue weighted by Crippen LogP contribution is 2.33. The zero-order valence-corrected chi connectivity index (χ0v) is 11.7. The smallest absolute Gasteiger partial charge is 0.224 e. The standard InChI is InChI=1S/C15H26N2O/c1-10-5-6-12(11(2)8-10)16-13-9-15(18)17-7-3-4-14(13)17/h10-14,16H,3-9H2,1-2H3. The van der Waals surface area contributed by atoms with Gasteiger partial charge in [-0.1, -0.05) is 13.8 Å². The summed E-state index contributed by atoms with van der Waals surface area (Å²) >= 11 is 0. The van der Waals surface area contributed by atoms with Crippen LogP contribution < -0.4 is 5.32 Å².